The highest BCUT2D eigenvalue weighted by molar-refractivity contribution is 5.73. The van der Waals surface area contributed by atoms with Crippen molar-refractivity contribution in [3.8, 4) is 0 Å². The first-order valence-corrected chi connectivity index (χ1v) is 7.83. The summed E-state index contributed by atoms with van der Waals surface area (Å²) >= 11 is 0. The quantitative estimate of drug-likeness (QED) is 0.668. The van der Waals surface area contributed by atoms with Gasteiger partial charge in [-0.05, 0) is 38.5 Å². The third-order valence-corrected chi connectivity index (χ3v) is 3.03. The van der Waals surface area contributed by atoms with Gasteiger partial charge in [0.05, 0.1) is 0 Å². The van der Waals surface area contributed by atoms with Gasteiger partial charge in [0.15, 0.2) is 0 Å². The van der Waals surface area contributed by atoms with Crippen LogP contribution in [0.2, 0.25) is 0 Å². The normalized spacial score (nSPS) is 13.7. The maximum Gasteiger partial charge on any atom is 0.306 e. The molecule has 0 amide bonds. The second kappa shape index (κ2) is 8.40. The van der Waals surface area contributed by atoms with Gasteiger partial charge in [-0.1, -0.05) is 34.6 Å². The van der Waals surface area contributed by atoms with Gasteiger partial charge < -0.3 is 9.47 Å². The van der Waals surface area contributed by atoms with Crippen molar-refractivity contribution >= 4 is 11.9 Å². The number of esters is 2. The molecular weight excluding hydrogens is 268 g/mol. The summed E-state index contributed by atoms with van der Waals surface area (Å²) in [5, 5.41) is 0. The zero-order valence-corrected chi connectivity index (χ0v) is 14.9. The van der Waals surface area contributed by atoms with Crippen molar-refractivity contribution in [2.75, 3.05) is 0 Å². The van der Waals surface area contributed by atoms with E-state index in [0.29, 0.717) is 0 Å². The van der Waals surface area contributed by atoms with E-state index in [1.807, 2.05) is 55.4 Å². The lowest BCUT2D eigenvalue weighted by atomic mass is 9.96. The lowest BCUT2D eigenvalue weighted by Crippen LogP contribution is -2.30. The average Bonchev–Trinajstić information content (AvgIpc) is 2.21. The summed E-state index contributed by atoms with van der Waals surface area (Å²) in [7, 11) is 0. The average molecular weight is 300 g/mol. The molecule has 0 N–H and O–H groups in total. The Morgan fingerprint density at radius 2 is 1.29 bits per heavy atom. The maximum absolute atomic E-state index is 12.0. The van der Waals surface area contributed by atoms with Crippen LogP contribution in [0.1, 0.15) is 68.2 Å². The van der Waals surface area contributed by atoms with Crippen LogP contribution in [-0.2, 0) is 19.1 Å². The van der Waals surface area contributed by atoms with Gasteiger partial charge in [-0.25, -0.2) is 0 Å². The lowest BCUT2D eigenvalue weighted by molar-refractivity contribution is -0.158. The van der Waals surface area contributed by atoms with Crippen molar-refractivity contribution in [1.29, 1.82) is 0 Å². The molecule has 0 saturated heterocycles. The number of ether oxygens (including phenoxy) is 2. The molecule has 0 aromatic rings. The first-order chi connectivity index (χ1) is 9.42. The summed E-state index contributed by atoms with van der Waals surface area (Å²) in [4.78, 5) is 23.7. The van der Waals surface area contributed by atoms with Crippen LogP contribution < -0.4 is 0 Å². The van der Waals surface area contributed by atoms with Crippen molar-refractivity contribution in [2.45, 2.75) is 79.9 Å². The molecule has 21 heavy (non-hydrogen) atoms. The summed E-state index contributed by atoms with van der Waals surface area (Å²) in [6.07, 6.45) is 0.404. The van der Waals surface area contributed by atoms with Gasteiger partial charge >= 0.3 is 11.9 Å². The van der Waals surface area contributed by atoms with Crippen molar-refractivity contribution in [2.24, 2.45) is 17.8 Å². The zero-order chi connectivity index (χ0) is 16.8. The van der Waals surface area contributed by atoms with Gasteiger partial charge in [-0.3, -0.25) is 9.59 Å². The van der Waals surface area contributed by atoms with Gasteiger partial charge in [-0.2, -0.15) is 0 Å². The van der Waals surface area contributed by atoms with Crippen LogP contribution in [0.3, 0.4) is 0 Å². The van der Waals surface area contributed by atoms with Gasteiger partial charge in [-0.15, -0.1) is 0 Å². The topological polar surface area (TPSA) is 52.6 Å². The Balaban J connectivity index is 4.29. The Hall–Kier alpha value is -1.06. The van der Waals surface area contributed by atoms with E-state index in [1.165, 1.54) is 0 Å². The van der Waals surface area contributed by atoms with Crippen molar-refractivity contribution in [3.63, 3.8) is 0 Å². The number of carbonyl (C=O) groups is 2. The Morgan fingerprint density at radius 1 is 0.857 bits per heavy atom. The second-order valence-corrected chi connectivity index (χ2v) is 7.54. The third kappa shape index (κ3) is 9.48. The third-order valence-electron chi connectivity index (χ3n) is 3.03. The molecule has 0 fully saturated rings. The molecule has 0 spiro atoms. The molecule has 0 heterocycles. The van der Waals surface area contributed by atoms with E-state index in [0.717, 1.165) is 0 Å². The smallest absolute Gasteiger partial charge is 0.306 e. The SMILES string of the molecule is CC(CC(=O)OC(C(C)C)C(C)C)CC(=O)OC(C)(C)C. The largest absolute Gasteiger partial charge is 0.462 e. The minimum Gasteiger partial charge on any atom is -0.462 e. The molecule has 1 unspecified atom stereocenters. The molecule has 1 atom stereocenters. The minimum absolute atomic E-state index is 0.0766. The summed E-state index contributed by atoms with van der Waals surface area (Å²) < 4.78 is 10.8. The predicted molar refractivity (Wildman–Crippen MR) is 83.8 cm³/mol. The highest BCUT2D eigenvalue weighted by atomic mass is 16.6. The molecule has 0 saturated carbocycles. The molecule has 0 bridgehead atoms. The van der Waals surface area contributed by atoms with Crippen LogP contribution in [0.15, 0.2) is 0 Å². The second-order valence-electron chi connectivity index (χ2n) is 7.54. The Kier molecular flexibility index (Phi) is 7.98. The van der Waals surface area contributed by atoms with Crippen LogP contribution in [-0.4, -0.2) is 23.6 Å². The van der Waals surface area contributed by atoms with Crippen molar-refractivity contribution < 1.29 is 19.1 Å². The van der Waals surface area contributed by atoms with E-state index >= 15 is 0 Å². The molecule has 0 rings (SSSR count). The van der Waals surface area contributed by atoms with Crippen LogP contribution in [0, 0.1) is 17.8 Å². The van der Waals surface area contributed by atoms with Gasteiger partial charge in [0.1, 0.15) is 11.7 Å². The maximum atomic E-state index is 12.0. The van der Waals surface area contributed by atoms with Crippen LogP contribution >= 0.6 is 0 Å². The molecule has 0 aromatic heterocycles. The highest BCUT2D eigenvalue weighted by Gasteiger charge is 2.24. The standard InChI is InChI=1S/C17H32O4/c1-11(2)16(12(3)4)20-14(18)9-13(5)10-15(19)21-17(6,7)8/h11-13,16H,9-10H2,1-8H3. The van der Waals surface area contributed by atoms with E-state index in [-0.39, 0.29) is 48.6 Å². The van der Waals surface area contributed by atoms with E-state index in [1.54, 1.807) is 0 Å². The number of rotatable bonds is 7. The molecule has 4 nitrogen and oxygen atoms in total. The number of hydrogen-bond acceptors (Lipinski definition) is 4. The van der Waals surface area contributed by atoms with Crippen LogP contribution in [0.25, 0.3) is 0 Å². The monoisotopic (exact) mass is 300 g/mol. The number of hydrogen-bond donors (Lipinski definition) is 0. The molecule has 124 valence electrons. The van der Waals surface area contributed by atoms with Crippen molar-refractivity contribution in [3.05, 3.63) is 0 Å². The minimum atomic E-state index is -0.488. The number of carbonyl (C=O) groups excluding carboxylic acids is 2. The van der Waals surface area contributed by atoms with Gasteiger partial charge in [0, 0.05) is 12.8 Å². The Labute approximate surface area is 129 Å². The lowest BCUT2D eigenvalue weighted by Gasteiger charge is -2.25. The Morgan fingerprint density at radius 3 is 1.67 bits per heavy atom. The fourth-order valence-electron chi connectivity index (χ4n) is 2.27. The predicted octanol–water partition coefficient (Wildman–Crippen LogP) is 3.97. The van der Waals surface area contributed by atoms with Crippen molar-refractivity contribution in [1.82, 2.24) is 0 Å². The molecule has 4 heteroatoms. The van der Waals surface area contributed by atoms with Crippen LogP contribution in [0.5, 0.6) is 0 Å². The molecule has 0 aliphatic carbocycles. The summed E-state index contributed by atoms with van der Waals surface area (Å²) in [5.41, 5.74) is -0.488. The molecule has 0 aliphatic rings. The molecule has 0 radical (unpaired) electrons. The molecule has 0 aliphatic heterocycles. The summed E-state index contributed by atoms with van der Waals surface area (Å²) in [6, 6.07) is 0. The first-order valence-electron chi connectivity index (χ1n) is 7.83. The fourth-order valence-corrected chi connectivity index (χ4v) is 2.27. The first kappa shape index (κ1) is 19.9. The van der Waals surface area contributed by atoms with Crippen LogP contribution in [0.4, 0.5) is 0 Å². The molecular formula is C17H32O4. The van der Waals surface area contributed by atoms with E-state index in [9.17, 15) is 9.59 Å². The highest BCUT2D eigenvalue weighted by Crippen LogP contribution is 2.19. The molecule has 0 aromatic carbocycles. The summed E-state index contributed by atoms with van der Waals surface area (Å²) in [5.74, 6) is -0.0110. The van der Waals surface area contributed by atoms with Gasteiger partial charge in [0.2, 0.25) is 0 Å². The fraction of sp³-hybridized carbons (Fsp3) is 0.882. The van der Waals surface area contributed by atoms with Gasteiger partial charge in [0.25, 0.3) is 0 Å². The summed E-state index contributed by atoms with van der Waals surface area (Å²) in [6.45, 7) is 15.5. The van der Waals surface area contributed by atoms with E-state index in [4.69, 9.17) is 9.47 Å². The Bertz CT molecular complexity index is 331. The van der Waals surface area contributed by atoms with E-state index < -0.39 is 5.60 Å². The van der Waals surface area contributed by atoms with E-state index in [2.05, 4.69) is 0 Å². The zero-order valence-electron chi connectivity index (χ0n) is 14.9.